The minimum Gasteiger partial charge on any atom is -0.300 e. The van der Waals surface area contributed by atoms with Gasteiger partial charge in [0.2, 0.25) is 0 Å². The second-order valence-corrected chi connectivity index (χ2v) is 16.8. The highest BCUT2D eigenvalue weighted by atomic mass is 15.2. The second-order valence-electron chi connectivity index (χ2n) is 16.8. The molecule has 0 radical (unpaired) electrons. The van der Waals surface area contributed by atoms with Crippen LogP contribution in [0.15, 0.2) is 0 Å². The zero-order valence-corrected chi connectivity index (χ0v) is 28.7. The molecule has 5 heterocycles. The number of nitrogens with zero attached hydrogens (tertiary/aromatic N) is 4. The van der Waals surface area contributed by atoms with Crippen molar-refractivity contribution in [2.45, 2.75) is 175 Å². The molecule has 8 rings (SSSR count). The normalized spacial score (nSPS) is 39.5. The van der Waals surface area contributed by atoms with Gasteiger partial charge in [-0.2, -0.15) is 0 Å². The van der Waals surface area contributed by atoms with E-state index in [-0.39, 0.29) is 0 Å². The van der Waals surface area contributed by atoms with E-state index in [2.05, 4.69) is 75.0 Å². The van der Waals surface area contributed by atoms with Gasteiger partial charge < -0.3 is 9.80 Å². The van der Waals surface area contributed by atoms with Crippen LogP contribution in [0.3, 0.4) is 0 Å². The van der Waals surface area contributed by atoms with Crippen LogP contribution in [0.5, 0.6) is 0 Å². The lowest BCUT2D eigenvalue weighted by molar-refractivity contribution is 0.104. The molecule has 3 saturated carbocycles. The Labute approximate surface area is 256 Å². The third kappa shape index (κ3) is 8.12. The molecule has 3 aliphatic carbocycles. The molecule has 41 heavy (non-hydrogen) atoms. The standard InChI is InChI=1S/2C10H19N.C9H17N.C8H15N/c1-8(2)11-6-9-4-3-5-10(9)7-11;1-8(2)11-9-4-3-5-10(11)7-6-9;1-7(2)10-6-8-3-4-9(10)5-8;1-6(2)9-4-7-3-8(7)5-9/h2*8-10H,3-7H2,1-2H3;7-9H,3-6H2,1-2H3;6-8H,3-5H2,1-2H3. The van der Waals surface area contributed by atoms with E-state index in [0.29, 0.717) is 0 Å². The van der Waals surface area contributed by atoms with Gasteiger partial charge >= 0.3 is 0 Å². The fourth-order valence-electron chi connectivity index (χ4n) is 10.1. The highest BCUT2D eigenvalue weighted by Crippen LogP contribution is 2.45. The van der Waals surface area contributed by atoms with Crippen molar-refractivity contribution in [3.8, 4) is 0 Å². The molecule has 8 unspecified atom stereocenters. The van der Waals surface area contributed by atoms with Gasteiger partial charge in [0.15, 0.2) is 0 Å². The predicted octanol–water partition coefficient (Wildman–Crippen LogP) is 7.76. The molecule has 238 valence electrons. The highest BCUT2D eigenvalue weighted by Gasteiger charge is 2.45. The fraction of sp³-hybridized carbons (Fsp3) is 1.00. The molecule has 4 bridgehead atoms. The second kappa shape index (κ2) is 14.3. The Bertz CT molecular complexity index is 756. The summed E-state index contributed by atoms with van der Waals surface area (Å²) in [6, 6.07) is 6.01. The van der Waals surface area contributed by atoms with Crippen LogP contribution in [-0.2, 0) is 0 Å². The molecule has 8 aliphatic rings. The largest absolute Gasteiger partial charge is 0.300 e. The third-order valence-electron chi connectivity index (χ3n) is 12.7. The maximum absolute atomic E-state index is 2.75. The number of likely N-dealkylation sites (tertiary alicyclic amines) is 3. The van der Waals surface area contributed by atoms with E-state index < -0.39 is 0 Å². The Morgan fingerprint density at radius 1 is 0.415 bits per heavy atom. The maximum Gasteiger partial charge on any atom is 0.0101 e. The molecular formula is C37H70N4. The van der Waals surface area contributed by atoms with Gasteiger partial charge in [-0.15, -0.1) is 0 Å². The van der Waals surface area contributed by atoms with Crippen molar-refractivity contribution in [2.24, 2.45) is 29.6 Å². The van der Waals surface area contributed by atoms with Crippen LogP contribution in [0.4, 0.5) is 0 Å². The van der Waals surface area contributed by atoms with E-state index in [1.54, 1.807) is 0 Å². The summed E-state index contributed by atoms with van der Waals surface area (Å²) in [5, 5.41) is 0. The molecule has 8 fully saturated rings. The van der Waals surface area contributed by atoms with E-state index in [4.69, 9.17) is 0 Å². The van der Waals surface area contributed by atoms with Crippen LogP contribution < -0.4 is 0 Å². The highest BCUT2D eigenvalue weighted by molar-refractivity contribution is 4.97. The van der Waals surface area contributed by atoms with E-state index in [1.165, 1.54) is 110 Å². The zero-order valence-electron chi connectivity index (χ0n) is 28.7. The van der Waals surface area contributed by atoms with Gasteiger partial charge in [-0.25, -0.2) is 0 Å². The summed E-state index contributed by atoms with van der Waals surface area (Å²) in [6.07, 6.45) is 17.9. The minimum atomic E-state index is 0.778. The van der Waals surface area contributed by atoms with Gasteiger partial charge in [-0.3, -0.25) is 9.80 Å². The summed E-state index contributed by atoms with van der Waals surface area (Å²) in [6.45, 7) is 25.5. The number of fused-ring (bicyclic) bond motifs is 6. The maximum atomic E-state index is 2.75. The summed E-state index contributed by atoms with van der Waals surface area (Å²) in [5.41, 5.74) is 0. The molecule has 5 aliphatic heterocycles. The SMILES string of the molecule is CC(C)N1C2CCCC1CC2.CC(C)N1CC2CC2C1.CC(C)N1CC2CCC1C2.CC(C)N1CC2CCCC2C1. The molecule has 5 saturated heterocycles. The van der Waals surface area contributed by atoms with Gasteiger partial charge in [0.25, 0.3) is 0 Å². The molecule has 0 aromatic carbocycles. The Kier molecular flexibility index (Phi) is 11.2. The van der Waals surface area contributed by atoms with Gasteiger partial charge in [0.1, 0.15) is 0 Å². The first kappa shape index (κ1) is 32.2. The van der Waals surface area contributed by atoms with Crippen molar-refractivity contribution < 1.29 is 0 Å². The number of piperidine rings is 3. The van der Waals surface area contributed by atoms with Gasteiger partial charge in [0, 0.05) is 75.0 Å². The van der Waals surface area contributed by atoms with Gasteiger partial charge in [-0.1, -0.05) is 12.8 Å². The number of rotatable bonds is 4. The van der Waals surface area contributed by atoms with Gasteiger partial charge in [0.05, 0.1) is 0 Å². The quantitative estimate of drug-likeness (QED) is 0.342. The zero-order chi connectivity index (χ0) is 29.3. The number of hydrogen-bond donors (Lipinski definition) is 0. The van der Waals surface area contributed by atoms with E-state index >= 15 is 0 Å². The van der Waals surface area contributed by atoms with Crippen molar-refractivity contribution in [3.63, 3.8) is 0 Å². The topological polar surface area (TPSA) is 13.0 Å². The predicted molar refractivity (Wildman–Crippen MR) is 176 cm³/mol. The van der Waals surface area contributed by atoms with Gasteiger partial charge in [-0.05, 0) is 149 Å². The minimum absolute atomic E-state index is 0.778. The molecule has 0 spiro atoms. The Hall–Kier alpha value is -0.160. The Morgan fingerprint density at radius 2 is 0.902 bits per heavy atom. The third-order valence-corrected chi connectivity index (χ3v) is 12.7. The van der Waals surface area contributed by atoms with Crippen LogP contribution >= 0.6 is 0 Å². The lowest BCUT2D eigenvalue weighted by Crippen LogP contribution is -2.43. The molecular weight excluding hydrogens is 500 g/mol. The summed E-state index contributed by atoms with van der Waals surface area (Å²) in [4.78, 5) is 10.7. The van der Waals surface area contributed by atoms with Crippen molar-refractivity contribution in [1.82, 2.24) is 19.6 Å². The first-order valence-electron chi connectivity index (χ1n) is 18.6. The molecule has 0 amide bonds. The molecule has 0 aromatic rings. The fourth-order valence-corrected chi connectivity index (χ4v) is 10.1. The summed E-state index contributed by atoms with van der Waals surface area (Å²) in [5.74, 6) is 5.40. The van der Waals surface area contributed by atoms with Crippen LogP contribution in [0.1, 0.15) is 132 Å². The summed E-state index contributed by atoms with van der Waals surface area (Å²) in [7, 11) is 0. The van der Waals surface area contributed by atoms with Crippen molar-refractivity contribution in [1.29, 1.82) is 0 Å². The van der Waals surface area contributed by atoms with Crippen molar-refractivity contribution in [3.05, 3.63) is 0 Å². The van der Waals surface area contributed by atoms with Crippen LogP contribution in [0, 0.1) is 29.6 Å². The Balaban J connectivity index is 0.000000110. The van der Waals surface area contributed by atoms with Crippen molar-refractivity contribution >= 4 is 0 Å². The molecule has 0 N–H and O–H groups in total. The van der Waals surface area contributed by atoms with Crippen LogP contribution in [0.25, 0.3) is 0 Å². The lowest BCUT2D eigenvalue weighted by Gasteiger charge is -2.37. The number of hydrogen-bond acceptors (Lipinski definition) is 4. The van der Waals surface area contributed by atoms with E-state index in [1.807, 2.05) is 0 Å². The average molecular weight is 571 g/mol. The molecule has 0 aromatic heterocycles. The first-order chi connectivity index (χ1) is 19.6. The molecule has 8 atom stereocenters. The van der Waals surface area contributed by atoms with Crippen LogP contribution in [-0.4, -0.2) is 94.6 Å². The Morgan fingerprint density at radius 3 is 1.24 bits per heavy atom. The van der Waals surface area contributed by atoms with E-state index in [0.717, 1.165) is 71.9 Å². The lowest BCUT2D eigenvalue weighted by atomic mass is 10.0. The molecule has 4 heteroatoms. The summed E-state index contributed by atoms with van der Waals surface area (Å²) < 4.78 is 0. The monoisotopic (exact) mass is 571 g/mol. The van der Waals surface area contributed by atoms with Crippen LogP contribution in [0.2, 0.25) is 0 Å². The average Bonchev–Trinajstić information content (AvgIpc) is 3.60. The van der Waals surface area contributed by atoms with E-state index in [9.17, 15) is 0 Å². The first-order valence-corrected chi connectivity index (χ1v) is 18.6. The van der Waals surface area contributed by atoms with Crippen molar-refractivity contribution in [2.75, 3.05) is 32.7 Å². The summed E-state index contributed by atoms with van der Waals surface area (Å²) >= 11 is 0. The smallest absolute Gasteiger partial charge is 0.0101 e. The molecule has 4 nitrogen and oxygen atoms in total.